The lowest BCUT2D eigenvalue weighted by molar-refractivity contribution is 0.590. The second-order valence-electron chi connectivity index (χ2n) is 12.7. The lowest BCUT2D eigenvalue weighted by Gasteiger charge is -2.26. The molecule has 0 fully saturated rings. The van der Waals surface area contributed by atoms with Crippen LogP contribution >= 0.6 is 0 Å². The van der Waals surface area contributed by atoms with E-state index in [1.807, 2.05) is 12.1 Å². The monoisotopic (exact) mass is 519 g/mol. The maximum atomic E-state index is 6.03. The van der Waals surface area contributed by atoms with Gasteiger partial charge in [0.15, 0.2) is 0 Å². The molecule has 0 aliphatic carbocycles. The first-order valence-corrected chi connectivity index (χ1v) is 14.1. The minimum Gasteiger partial charge on any atom is -0.311 e. The van der Waals surface area contributed by atoms with Crippen molar-refractivity contribution in [1.29, 1.82) is 0 Å². The Bertz CT molecular complexity index is 1450. The van der Waals surface area contributed by atoms with Gasteiger partial charge in [-0.2, -0.15) is 0 Å². The molecule has 0 bridgehead atoms. The number of hydrogen-bond acceptors (Lipinski definition) is 1. The first kappa shape index (κ1) is 27.5. The van der Waals surface area contributed by atoms with E-state index < -0.39 is 0 Å². The van der Waals surface area contributed by atoms with E-state index in [0.29, 0.717) is 0 Å². The molecule has 198 valence electrons. The van der Waals surface area contributed by atoms with Gasteiger partial charge in [0.2, 0.25) is 0 Å². The lowest BCUT2D eigenvalue weighted by atomic mass is 9.86. The fourth-order valence-electron chi connectivity index (χ4n) is 5.00. The number of nitrogens with zero attached hydrogens (tertiary/aromatic N) is 1. The molecule has 2 radical (unpaired) electrons. The molecule has 5 rings (SSSR count). The molecular formula is C38H38BN. The average molecular weight is 520 g/mol. The minimum absolute atomic E-state index is 0.146. The summed E-state index contributed by atoms with van der Waals surface area (Å²) in [5, 5.41) is 0. The van der Waals surface area contributed by atoms with Gasteiger partial charge in [-0.05, 0) is 80.6 Å². The highest BCUT2D eigenvalue weighted by Gasteiger charge is 2.16. The van der Waals surface area contributed by atoms with Crippen molar-refractivity contribution < 1.29 is 0 Å². The van der Waals surface area contributed by atoms with Gasteiger partial charge < -0.3 is 4.90 Å². The number of anilines is 3. The van der Waals surface area contributed by atoms with Crippen LogP contribution in [0.2, 0.25) is 0 Å². The molecule has 0 spiro atoms. The summed E-state index contributed by atoms with van der Waals surface area (Å²) in [5.74, 6) is 0. The number of benzene rings is 5. The summed E-state index contributed by atoms with van der Waals surface area (Å²) in [6.45, 7) is 13.5. The second kappa shape index (κ2) is 10.9. The smallest absolute Gasteiger partial charge is 0.113 e. The van der Waals surface area contributed by atoms with Gasteiger partial charge in [-0.3, -0.25) is 0 Å². The summed E-state index contributed by atoms with van der Waals surface area (Å²) in [4.78, 5) is 2.28. The number of rotatable bonds is 5. The molecule has 2 heteroatoms. The SMILES string of the molecule is [B]c1ccc(N(c2ccc(-c3ccc(C(C)(C)C)cc3)cc2)c2ccc(-c3ccc(C(C)(C)C)cc3)cc2)cc1. The molecular weight excluding hydrogens is 481 g/mol. The minimum atomic E-state index is 0.146. The first-order valence-electron chi connectivity index (χ1n) is 14.1. The fraction of sp³-hybridized carbons (Fsp3) is 0.211. The Kier molecular flexibility index (Phi) is 7.47. The fourth-order valence-corrected chi connectivity index (χ4v) is 5.00. The lowest BCUT2D eigenvalue weighted by Crippen LogP contribution is -2.11. The van der Waals surface area contributed by atoms with Crippen molar-refractivity contribution in [3.8, 4) is 22.3 Å². The van der Waals surface area contributed by atoms with Crippen LogP contribution < -0.4 is 10.4 Å². The van der Waals surface area contributed by atoms with Crippen LogP contribution in [-0.2, 0) is 10.8 Å². The zero-order chi connectivity index (χ0) is 28.5. The van der Waals surface area contributed by atoms with E-state index in [4.69, 9.17) is 7.85 Å². The largest absolute Gasteiger partial charge is 0.311 e. The quantitative estimate of drug-likeness (QED) is 0.209. The molecule has 0 aliphatic rings. The highest BCUT2D eigenvalue weighted by molar-refractivity contribution is 6.32. The van der Waals surface area contributed by atoms with Gasteiger partial charge in [0, 0.05) is 17.1 Å². The van der Waals surface area contributed by atoms with Gasteiger partial charge in [0.25, 0.3) is 0 Å². The summed E-state index contributed by atoms with van der Waals surface area (Å²) in [7, 11) is 6.03. The summed E-state index contributed by atoms with van der Waals surface area (Å²) >= 11 is 0. The third-order valence-corrected chi connectivity index (χ3v) is 7.57. The van der Waals surface area contributed by atoms with Crippen LogP contribution in [0.25, 0.3) is 22.3 Å². The predicted octanol–water partition coefficient (Wildman–Crippen LogP) is 9.88. The molecule has 0 amide bonds. The van der Waals surface area contributed by atoms with Crippen molar-refractivity contribution in [3.05, 3.63) is 132 Å². The van der Waals surface area contributed by atoms with Gasteiger partial charge in [0.1, 0.15) is 7.85 Å². The van der Waals surface area contributed by atoms with Crippen molar-refractivity contribution in [1.82, 2.24) is 0 Å². The predicted molar refractivity (Wildman–Crippen MR) is 175 cm³/mol. The van der Waals surface area contributed by atoms with E-state index in [9.17, 15) is 0 Å². The van der Waals surface area contributed by atoms with Crippen LogP contribution in [-0.4, -0.2) is 7.85 Å². The van der Waals surface area contributed by atoms with Crippen molar-refractivity contribution in [3.63, 3.8) is 0 Å². The Morgan fingerprint density at radius 2 is 0.625 bits per heavy atom. The molecule has 5 aromatic rings. The van der Waals surface area contributed by atoms with E-state index in [1.165, 1.54) is 33.4 Å². The molecule has 5 aromatic carbocycles. The molecule has 0 unspecified atom stereocenters. The van der Waals surface area contributed by atoms with Crippen LogP contribution in [0.3, 0.4) is 0 Å². The highest BCUT2D eigenvalue weighted by Crippen LogP contribution is 2.37. The van der Waals surface area contributed by atoms with Crippen molar-refractivity contribution >= 4 is 30.4 Å². The Balaban J connectivity index is 1.46. The van der Waals surface area contributed by atoms with Crippen LogP contribution in [0.5, 0.6) is 0 Å². The molecule has 40 heavy (non-hydrogen) atoms. The van der Waals surface area contributed by atoms with E-state index in [0.717, 1.165) is 22.5 Å². The topological polar surface area (TPSA) is 3.24 Å². The van der Waals surface area contributed by atoms with Crippen LogP contribution in [0.15, 0.2) is 121 Å². The molecule has 0 N–H and O–H groups in total. The van der Waals surface area contributed by atoms with Crippen LogP contribution in [0, 0.1) is 0 Å². The standard InChI is InChI=1S/C38H38BN/c1-37(2,3)31-15-7-27(8-16-31)29-11-21-34(22-12-29)40(36-25-19-33(39)20-26-36)35-23-13-30(14-24-35)28-9-17-32(18-10-28)38(4,5)6/h7-26H,1-6H3. The molecule has 0 aromatic heterocycles. The molecule has 0 heterocycles. The van der Waals surface area contributed by atoms with E-state index in [1.54, 1.807) is 0 Å². The van der Waals surface area contributed by atoms with Crippen molar-refractivity contribution in [2.24, 2.45) is 0 Å². The Morgan fingerprint density at radius 1 is 0.375 bits per heavy atom. The second-order valence-corrected chi connectivity index (χ2v) is 12.7. The van der Waals surface area contributed by atoms with E-state index >= 15 is 0 Å². The average Bonchev–Trinajstić information content (AvgIpc) is 2.94. The Morgan fingerprint density at radius 3 is 0.900 bits per heavy atom. The van der Waals surface area contributed by atoms with Crippen LogP contribution in [0.1, 0.15) is 52.7 Å². The highest BCUT2D eigenvalue weighted by atomic mass is 15.1. The zero-order valence-corrected chi connectivity index (χ0v) is 24.6. The maximum Gasteiger partial charge on any atom is 0.113 e. The Hall–Kier alpha value is -4.04. The van der Waals surface area contributed by atoms with Crippen LogP contribution in [0.4, 0.5) is 17.1 Å². The zero-order valence-electron chi connectivity index (χ0n) is 24.6. The van der Waals surface area contributed by atoms with Gasteiger partial charge in [-0.15, -0.1) is 0 Å². The summed E-state index contributed by atoms with van der Waals surface area (Å²) in [5.41, 5.74) is 11.9. The van der Waals surface area contributed by atoms with Gasteiger partial charge in [-0.25, -0.2) is 0 Å². The van der Waals surface area contributed by atoms with Gasteiger partial charge in [-0.1, -0.05) is 132 Å². The summed E-state index contributed by atoms with van der Waals surface area (Å²) < 4.78 is 0. The van der Waals surface area contributed by atoms with E-state index in [-0.39, 0.29) is 10.8 Å². The molecule has 0 atom stereocenters. The van der Waals surface area contributed by atoms with Gasteiger partial charge >= 0.3 is 0 Å². The molecule has 0 saturated heterocycles. The molecule has 1 nitrogen and oxygen atoms in total. The summed E-state index contributed by atoms with van der Waals surface area (Å²) in [6.07, 6.45) is 0. The third-order valence-electron chi connectivity index (χ3n) is 7.57. The third kappa shape index (κ3) is 6.07. The maximum absolute atomic E-state index is 6.03. The van der Waals surface area contributed by atoms with Gasteiger partial charge in [0.05, 0.1) is 0 Å². The number of hydrogen-bond donors (Lipinski definition) is 0. The molecule has 0 saturated carbocycles. The van der Waals surface area contributed by atoms with E-state index in [2.05, 4.69) is 156 Å². The molecule has 0 aliphatic heterocycles. The first-order chi connectivity index (χ1) is 19.0. The van der Waals surface area contributed by atoms with Crippen molar-refractivity contribution in [2.75, 3.05) is 4.90 Å². The Labute approximate surface area is 241 Å². The normalized spacial score (nSPS) is 11.8. The van der Waals surface area contributed by atoms with Crippen molar-refractivity contribution in [2.45, 2.75) is 52.4 Å². The summed E-state index contributed by atoms with van der Waals surface area (Å²) in [6, 6.07) is 43.5.